The monoisotopic (exact) mass is 188 g/mol. The van der Waals surface area contributed by atoms with Crippen LogP contribution in [0.5, 0.6) is 0 Å². The molecule has 13 heavy (non-hydrogen) atoms. The van der Waals surface area contributed by atoms with Crippen LogP contribution >= 0.6 is 0 Å². The van der Waals surface area contributed by atoms with Crippen molar-refractivity contribution in [2.24, 2.45) is 0 Å². The van der Waals surface area contributed by atoms with Gasteiger partial charge in [-0.15, -0.1) is 0 Å². The molecule has 0 amide bonds. The Bertz CT molecular complexity index is 174. The maximum Gasteiger partial charge on any atom is 0.370 e. The molecule has 0 aliphatic rings. The molecular formula is C9H16O4. The van der Waals surface area contributed by atoms with Crippen molar-refractivity contribution in [1.82, 2.24) is 0 Å². The number of hydrogen-bond acceptors (Lipinski definition) is 3. The van der Waals surface area contributed by atoms with Gasteiger partial charge in [0.25, 0.3) is 0 Å². The molecule has 0 aromatic carbocycles. The average molecular weight is 188 g/mol. The second-order valence-corrected chi connectivity index (χ2v) is 2.33. The number of carboxylic acid groups (broad SMARTS) is 1. The highest BCUT2D eigenvalue weighted by Gasteiger charge is 2.06. The normalized spacial score (nSPS) is 11.4. The number of allylic oxidation sites excluding steroid dienone is 1. The van der Waals surface area contributed by atoms with Crippen LogP contribution in [0.25, 0.3) is 0 Å². The summed E-state index contributed by atoms with van der Waals surface area (Å²) in [7, 11) is 0. The molecule has 0 saturated carbocycles. The Morgan fingerprint density at radius 3 is 2.54 bits per heavy atom. The van der Waals surface area contributed by atoms with Crippen molar-refractivity contribution in [3.8, 4) is 0 Å². The summed E-state index contributed by atoms with van der Waals surface area (Å²) in [6.45, 7) is 5.05. The molecule has 0 aromatic rings. The Balaban J connectivity index is 3.71. The number of rotatable bonds is 7. The van der Waals surface area contributed by atoms with Crippen LogP contribution in [0.1, 0.15) is 20.3 Å². The van der Waals surface area contributed by atoms with Gasteiger partial charge in [0, 0.05) is 6.61 Å². The highest BCUT2D eigenvalue weighted by Crippen LogP contribution is 1.99. The number of carboxylic acids is 1. The van der Waals surface area contributed by atoms with E-state index in [0.717, 1.165) is 0 Å². The lowest BCUT2D eigenvalue weighted by molar-refractivity contribution is -0.136. The van der Waals surface area contributed by atoms with E-state index in [2.05, 4.69) is 0 Å². The predicted octanol–water partition coefficient (Wildman–Crippen LogP) is 1.42. The van der Waals surface area contributed by atoms with Crippen LogP contribution in [0.3, 0.4) is 0 Å². The number of ether oxygens (including phenoxy) is 2. The van der Waals surface area contributed by atoms with E-state index in [4.69, 9.17) is 14.6 Å². The van der Waals surface area contributed by atoms with Gasteiger partial charge in [0.15, 0.2) is 5.76 Å². The summed E-state index contributed by atoms with van der Waals surface area (Å²) in [4.78, 5) is 10.5. The Morgan fingerprint density at radius 1 is 1.38 bits per heavy atom. The smallest absolute Gasteiger partial charge is 0.370 e. The van der Waals surface area contributed by atoms with E-state index in [-0.39, 0.29) is 12.4 Å². The van der Waals surface area contributed by atoms with Crippen LogP contribution < -0.4 is 0 Å². The van der Waals surface area contributed by atoms with Gasteiger partial charge < -0.3 is 14.6 Å². The topological polar surface area (TPSA) is 55.8 Å². The molecule has 0 radical (unpaired) electrons. The van der Waals surface area contributed by atoms with Crippen molar-refractivity contribution >= 4 is 5.97 Å². The first-order valence-electron chi connectivity index (χ1n) is 4.36. The van der Waals surface area contributed by atoms with Gasteiger partial charge >= 0.3 is 5.97 Å². The summed E-state index contributed by atoms with van der Waals surface area (Å²) in [6.07, 6.45) is 2.19. The van der Waals surface area contributed by atoms with Gasteiger partial charge in [-0.05, 0) is 19.4 Å². The van der Waals surface area contributed by atoms with E-state index in [1.54, 1.807) is 0 Å². The van der Waals surface area contributed by atoms with Crippen LogP contribution in [0.2, 0.25) is 0 Å². The van der Waals surface area contributed by atoms with E-state index in [1.165, 1.54) is 6.08 Å². The van der Waals surface area contributed by atoms with Gasteiger partial charge in [0.2, 0.25) is 0 Å². The Morgan fingerprint density at radius 2 is 2.08 bits per heavy atom. The summed E-state index contributed by atoms with van der Waals surface area (Å²) < 4.78 is 9.98. The van der Waals surface area contributed by atoms with E-state index in [1.807, 2.05) is 13.8 Å². The van der Waals surface area contributed by atoms with Crippen LogP contribution in [-0.2, 0) is 14.3 Å². The van der Waals surface area contributed by atoms with Crippen LogP contribution in [0.15, 0.2) is 11.8 Å². The van der Waals surface area contributed by atoms with Crippen LogP contribution in [-0.4, -0.2) is 30.9 Å². The molecule has 0 aliphatic carbocycles. The molecule has 0 rings (SSSR count). The van der Waals surface area contributed by atoms with Gasteiger partial charge in [0.1, 0.15) is 6.61 Å². The van der Waals surface area contributed by atoms with E-state index in [0.29, 0.717) is 19.6 Å². The molecule has 4 nitrogen and oxygen atoms in total. The Labute approximate surface area is 78.2 Å². The van der Waals surface area contributed by atoms with Crippen molar-refractivity contribution in [2.75, 3.05) is 19.8 Å². The molecule has 0 heterocycles. The quantitative estimate of drug-likeness (QED) is 0.373. The molecule has 0 unspecified atom stereocenters. The first-order chi connectivity index (χ1) is 6.22. The van der Waals surface area contributed by atoms with Crippen molar-refractivity contribution < 1.29 is 19.4 Å². The minimum absolute atomic E-state index is 0.00204. The fourth-order valence-corrected chi connectivity index (χ4v) is 0.748. The fourth-order valence-electron chi connectivity index (χ4n) is 0.748. The van der Waals surface area contributed by atoms with Gasteiger partial charge in [-0.3, -0.25) is 0 Å². The summed E-state index contributed by atoms with van der Waals surface area (Å²) in [5.74, 6) is -1.03. The van der Waals surface area contributed by atoms with Gasteiger partial charge in [-0.2, -0.15) is 0 Å². The third-order valence-corrected chi connectivity index (χ3v) is 1.29. The third-order valence-electron chi connectivity index (χ3n) is 1.29. The molecule has 0 atom stereocenters. The molecule has 1 N–H and O–H groups in total. The van der Waals surface area contributed by atoms with Crippen molar-refractivity contribution in [3.05, 3.63) is 11.8 Å². The first-order valence-corrected chi connectivity index (χ1v) is 4.36. The van der Waals surface area contributed by atoms with E-state index in [9.17, 15) is 4.79 Å². The molecule has 0 spiro atoms. The maximum atomic E-state index is 10.5. The lowest BCUT2D eigenvalue weighted by Crippen LogP contribution is -2.09. The fraction of sp³-hybridized carbons (Fsp3) is 0.667. The molecule has 0 bridgehead atoms. The highest BCUT2D eigenvalue weighted by atomic mass is 16.5. The average Bonchev–Trinajstić information content (AvgIpc) is 2.10. The van der Waals surface area contributed by atoms with Crippen molar-refractivity contribution in [1.29, 1.82) is 0 Å². The molecule has 4 heteroatoms. The molecule has 0 aliphatic heterocycles. The largest absolute Gasteiger partial charge is 0.484 e. The minimum atomic E-state index is -1.03. The van der Waals surface area contributed by atoms with Crippen LogP contribution in [0.4, 0.5) is 0 Å². The zero-order valence-electron chi connectivity index (χ0n) is 8.08. The lowest BCUT2D eigenvalue weighted by Gasteiger charge is -2.05. The van der Waals surface area contributed by atoms with E-state index < -0.39 is 5.97 Å². The SMILES string of the molecule is CCC=C(OCCOCC)C(=O)O. The molecule has 0 aromatic heterocycles. The van der Waals surface area contributed by atoms with Gasteiger partial charge in [-0.25, -0.2) is 4.79 Å². The third kappa shape index (κ3) is 6.16. The lowest BCUT2D eigenvalue weighted by atomic mass is 10.4. The molecular weight excluding hydrogens is 172 g/mol. The standard InChI is InChI=1S/C9H16O4/c1-3-5-8(9(10)11)13-7-6-12-4-2/h5H,3-4,6-7H2,1-2H3,(H,10,11). The maximum absolute atomic E-state index is 10.5. The Kier molecular flexibility index (Phi) is 7.01. The zero-order chi connectivity index (χ0) is 10.1. The summed E-state index contributed by atoms with van der Waals surface area (Å²) >= 11 is 0. The second kappa shape index (κ2) is 7.61. The zero-order valence-corrected chi connectivity index (χ0v) is 8.08. The second-order valence-electron chi connectivity index (χ2n) is 2.33. The summed E-state index contributed by atoms with van der Waals surface area (Å²) in [5.41, 5.74) is 0. The first kappa shape index (κ1) is 12.0. The van der Waals surface area contributed by atoms with Crippen LogP contribution in [0, 0.1) is 0 Å². The number of carbonyl (C=O) groups is 1. The molecule has 0 saturated heterocycles. The molecule has 76 valence electrons. The molecule has 0 fully saturated rings. The predicted molar refractivity (Wildman–Crippen MR) is 48.5 cm³/mol. The van der Waals surface area contributed by atoms with Gasteiger partial charge in [0.05, 0.1) is 6.61 Å². The Hall–Kier alpha value is -1.03. The van der Waals surface area contributed by atoms with Crippen molar-refractivity contribution in [2.45, 2.75) is 20.3 Å². The summed E-state index contributed by atoms with van der Waals surface area (Å²) in [5, 5.41) is 8.63. The van der Waals surface area contributed by atoms with Crippen molar-refractivity contribution in [3.63, 3.8) is 0 Å². The van der Waals surface area contributed by atoms with E-state index >= 15 is 0 Å². The minimum Gasteiger partial charge on any atom is -0.484 e. The highest BCUT2D eigenvalue weighted by molar-refractivity contribution is 5.84. The van der Waals surface area contributed by atoms with Gasteiger partial charge in [-0.1, -0.05) is 6.92 Å². The number of hydrogen-bond donors (Lipinski definition) is 1. The summed E-state index contributed by atoms with van der Waals surface area (Å²) in [6, 6.07) is 0. The number of aliphatic carboxylic acids is 1.